The first-order chi connectivity index (χ1) is 5.42. The lowest BCUT2D eigenvalue weighted by molar-refractivity contribution is 1.17. The highest BCUT2D eigenvalue weighted by atomic mass is 15.1. The van der Waals surface area contributed by atoms with Crippen LogP contribution in [0.3, 0.4) is 0 Å². The molecule has 0 aromatic heterocycles. The van der Waals surface area contributed by atoms with Crippen molar-refractivity contribution in [2.45, 2.75) is 6.42 Å². The summed E-state index contributed by atoms with van der Waals surface area (Å²) < 4.78 is 0. The van der Waals surface area contributed by atoms with Crippen molar-refractivity contribution in [1.29, 1.82) is 0 Å². The van der Waals surface area contributed by atoms with Crippen LogP contribution in [0.5, 0.6) is 0 Å². The van der Waals surface area contributed by atoms with Crippen molar-refractivity contribution in [3.63, 3.8) is 0 Å². The van der Waals surface area contributed by atoms with Crippen LogP contribution in [-0.4, -0.2) is 0 Å². The van der Waals surface area contributed by atoms with Gasteiger partial charge >= 0.3 is 0 Å². The van der Waals surface area contributed by atoms with Crippen molar-refractivity contribution >= 4 is 5.69 Å². The lowest BCUT2D eigenvalue weighted by Gasteiger charge is -2.07. The first-order valence-corrected chi connectivity index (χ1v) is 3.54. The molecule has 0 fully saturated rings. The van der Waals surface area contributed by atoms with Crippen LogP contribution in [0, 0.1) is 19.0 Å². The van der Waals surface area contributed by atoms with E-state index < -0.39 is 0 Å². The minimum Gasteiger partial charge on any atom is -0.295 e. The van der Waals surface area contributed by atoms with Gasteiger partial charge in [0.25, 0.3) is 0 Å². The molecule has 0 aliphatic carbocycles. The van der Waals surface area contributed by atoms with Crippen LogP contribution in [0.15, 0.2) is 24.3 Å². The summed E-state index contributed by atoms with van der Waals surface area (Å²) in [5.74, 6) is 0. The molecule has 0 N–H and O–H groups in total. The summed E-state index contributed by atoms with van der Waals surface area (Å²) in [6.45, 7) is 1.96. The summed E-state index contributed by atoms with van der Waals surface area (Å²) in [5, 5.41) is 0. The Bertz CT molecular complexity index is 309. The molecule has 1 aromatic rings. The molecule has 2 radical (unpaired) electrons. The van der Waals surface area contributed by atoms with Gasteiger partial charge in [0, 0.05) is 12.5 Å². The van der Waals surface area contributed by atoms with Crippen LogP contribution in [-0.2, 0) is 6.42 Å². The molecule has 11 heavy (non-hydrogen) atoms. The van der Waals surface area contributed by atoms with Crippen LogP contribution < -0.4 is 4.90 Å². The maximum absolute atomic E-state index is 6.98. The monoisotopic (exact) mass is 141 g/mol. The van der Waals surface area contributed by atoms with Gasteiger partial charge in [0.2, 0.25) is 0 Å². The Balaban J connectivity index is 2.49. The Kier molecular flexibility index (Phi) is 1.33. The van der Waals surface area contributed by atoms with Gasteiger partial charge in [-0.3, -0.25) is 4.90 Å². The average molecular weight is 141 g/mol. The lowest BCUT2D eigenvalue weighted by Crippen LogP contribution is -2.05. The third-order valence-electron chi connectivity index (χ3n) is 1.87. The van der Waals surface area contributed by atoms with E-state index in [1.165, 1.54) is 5.56 Å². The van der Waals surface area contributed by atoms with E-state index in [2.05, 4.69) is 12.1 Å². The predicted octanol–water partition coefficient (Wildman–Crippen LogP) is 1.76. The molecule has 0 atom stereocenters. The topological polar surface area (TPSA) is 3.24 Å². The minimum absolute atomic E-state index is 0.919. The number of benzene rings is 1. The second kappa shape index (κ2) is 2.32. The molecule has 1 aliphatic heterocycles. The lowest BCUT2D eigenvalue weighted by atomic mass is 10.2. The molecule has 1 nitrogen and oxygen atoms in total. The number of rotatable bonds is 0. The van der Waals surface area contributed by atoms with Crippen molar-refractivity contribution in [3.8, 4) is 6.04 Å². The zero-order chi connectivity index (χ0) is 7.68. The fourth-order valence-electron chi connectivity index (χ4n) is 1.31. The van der Waals surface area contributed by atoms with Crippen molar-refractivity contribution in [3.05, 3.63) is 42.8 Å². The Morgan fingerprint density at radius 1 is 1.36 bits per heavy atom. The molecule has 0 unspecified atom stereocenters. The third-order valence-corrected chi connectivity index (χ3v) is 1.87. The minimum atomic E-state index is 0.919. The van der Waals surface area contributed by atoms with Crippen molar-refractivity contribution in [2.75, 3.05) is 4.90 Å². The summed E-state index contributed by atoms with van der Waals surface area (Å²) >= 11 is 0. The van der Waals surface area contributed by atoms with Crippen molar-refractivity contribution in [1.82, 2.24) is 0 Å². The van der Waals surface area contributed by atoms with Gasteiger partial charge in [-0.15, -0.1) is 0 Å². The molecule has 1 aromatic carbocycles. The van der Waals surface area contributed by atoms with E-state index in [9.17, 15) is 0 Å². The third kappa shape index (κ3) is 0.877. The van der Waals surface area contributed by atoms with E-state index in [0.29, 0.717) is 0 Å². The summed E-state index contributed by atoms with van der Waals surface area (Å²) in [5.41, 5.74) is 2.36. The van der Waals surface area contributed by atoms with E-state index in [1.807, 2.05) is 24.7 Å². The summed E-state index contributed by atoms with van der Waals surface area (Å²) in [6, 6.07) is 10.4. The van der Waals surface area contributed by atoms with Crippen molar-refractivity contribution in [2.24, 2.45) is 0 Å². The number of para-hydroxylation sites is 1. The fraction of sp³-hybridized carbons (Fsp3) is 0.100. The van der Waals surface area contributed by atoms with Gasteiger partial charge < -0.3 is 0 Å². The summed E-state index contributed by atoms with van der Waals surface area (Å²) in [7, 11) is 0. The standard InChI is InChI=1S/C10H7N/c1-2-11-8-7-9-5-3-4-6-10(9)11/h3-6,8H,7H2. The van der Waals surface area contributed by atoms with Crippen LogP contribution in [0.25, 0.3) is 0 Å². The Labute approximate surface area is 66.6 Å². The van der Waals surface area contributed by atoms with Crippen LogP contribution in [0.1, 0.15) is 5.56 Å². The molecule has 1 aliphatic rings. The van der Waals surface area contributed by atoms with E-state index in [4.69, 9.17) is 6.42 Å². The van der Waals surface area contributed by atoms with E-state index in [1.54, 1.807) is 4.90 Å². The van der Waals surface area contributed by atoms with Crippen LogP contribution >= 0.6 is 0 Å². The number of hydrogen-bond acceptors (Lipinski definition) is 1. The molecular weight excluding hydrogens is 134 g/mol. The molecule has 2 rings (SSSR count). The first kappa shape index (κ1) is 6.30. The summed E-state index contributed by atoms with van der Waals surface area (Å²) in [6.07, 6.45) is 7.89. The molecular formula is C10H7N. The highest BCUT2D eigenvalue weighted by Gasteiger charge is 2.16. The number of nitrogens with zero attached hydrogens (tertiary/aromatic N) is 1. The zero-order valence-corrected chi connectivity index (χ0v) is 6.04. The quantitative estimate of drug-likeness (QED) is 0.497. The van der Waals surface area contributed by atoms with Crippen LogP contribution in [0.4, 0.5) is 5.69 Å². The average Bonchev–Trinajstić information content (AvgIpc) is 2.47. The smallest absolute Gasteiger partial charge is 0.0685 e. The highest BCUT2D eigenvalue weighted by molar-refractivity contribution is 5.63. The van der Waals surface area contributed by atoms with Gasteiger partial charge in [0.15, 0.2) is 0 Å². The Morgan fingerprint density at radius 2 is 2.18 bits per heavy atom. The normalized spacial score (nSPS) is 14.3. The Hall–Kier alpha value is -1.42. The van der Waals surface area contributed by atoms with Gasteiger partial charge in [-0.25, -0.2) is 0 Å². The van der Waals surface area contributed by atoms with E-state index in [-0.39, 0.29) is 0 Å². The van der Waals surface area contributed by atoms with E-state index >= 15 is 0 Å². The first-order valence-electron chi connectivity index (χ1n) is 3.54. The number of hydrogen-bond donors (Lipinski definition) is 0. The second-order valence-electron chi connectivity index (χ2n) is 2.50. The highest BCUT2D eigenvalue weighted by Crippen LogP contribution is 2.28. The van der Waals surface area contributed by atoms with Crippen LogP contribution in [0.2, 0.25) is 0 Å². The molecule has 0 saturated carbocycles. The molecule has 0 bridgehead atoms. The van der Waals surface area contributed by atoms with E-state index in [0.717, 1.165) is 12.1 Å². The molecule has 0 spiro atoms. The second-order valence-corrected chi connectivity index (χ2v) is 2.50. The van der Waals surface area contributed by atoms with Gasteiger partial charge in [0.1, 0.15) is 0 Å². The van der Waals surface area contributed by atoms with Gasteiger partial charge in [-0.1, -0.05) is 18.2 Å². The molecule has 52 valence electrons. The molecule has 0 saturated heterocycles. The molecule has 1 heterocycles. The Morgan fingerprint density at radius 3 is 3.00 bits per heavy atom. The van der Waals surface area contributed by atoms with Crippen molar-refractivity contribution < 1.29 is 0 Å². The maximum atomic E-state index is 6.98. The van der Waals surface area contributed by atoms with Gasteiger partial charge in [0.05, 0.1) is 12.2 Å². The summed E-state index contributed by atoms with van der Waals surface area (Å²) in [4.78, 5) is 1.72. The fourth-order valence-corrected chi connectivity index (χ4v) is 1.31. The predicted molar refractivity (Wildman–Crippen MR) is 44.1 cm³/mol. The number of fused-ring (bicyclic) bond motifs is 1. The van der Waals surface area contributed by atoms with Gasteiger partial charge in [-0.05, 0) is 18.1 Å². The largest absolute Gasteiger partial charge is 0.295 e. The molecule has 1 heteroatoms. The maximum Gasteiger partial charge on any atom is 0.0685 e. The molecule has 0 amide bonds. The van der Waals surface area contributed by atoms with Gasteiger partial charge in [-0.2, -0.15) is 0 Å². The SMILES string of the molecule is [C]#CN1[CH]Cc2ccccc21. The number of anilines is 1. The zero-order valence-electron chi connectivity index (χ0n) is 6.04.